The van der Waals surface area contributed by atoms with Gasteiger partial charge in [-0.3, -0.25) is 9.59 Å². The highest BCUT2D eigenvalue weighted by molar-refractivity contribution is 7.13. The topological polar surface area (TPSA) is 81.3 Å². The van der Waals surface area contributed by atoms with E-state index in [2.05, 4.69) is 10.3 Å². The van der Waals surface area contributed by atoms with E-state index in [0.29, 0.717) is 27.1 Å². The molecule has 0 fully saturated rings. The summed E-state index contributed by atoms with van der Waals surface area (Å²) < 4.78 is 3.24. The standard InChI is InChI=1S/C21H14ClN5O2S/c22-14-5-3-4-13(10-14)15-11-19(29)27-17-7-2-1-6-16(17)26(21(27)24-15)12-18(28)25-20-23-8-9-30-20/h1-11H,12H2,(H,23,25,28). The number of nitrogens with one attached hydrogen (secondary N) is 1. The molecule has 0 atom stereocenters. The monoisotopic (exact) mass is 435 g/mol. The van der Waals surface area contributed by atoms with Gasteiger partial charge in [0.2, 0.25) is 11.7 Å². The summed E-state index contributed by atoms with van der Waals surface area (Å²) in [5, 5.41) is 5.63. The number of nitrogens with zero attached hydrogens (tertiary/aromatic N) is 4. The molecular weight excluding hydrogens is 422 g/mol. The number of carbonyl (C=O) groups is 1. The number of anilines is 1. The molecule has 0 aliphatic carbocycles. The van der Waals surface area contributed by atoms with Gasteiger partial charge >= 0.3 is 0 Å². The molecule has 0 aliphatic heterocycles. The van der Waals surface area contributed by atoms with Crippen LogP contribution in [-0.4, -0.2) is 24.8 Å². The van der Waals surface area contributed by atoms with Crippen LogP contribution in [0.15, 0.2) is 71.0 Å². The smallest absolute Gasteiger partial charge is 0.260 e. The number of thiazole rings is 1. The lowest BCUT2D eigenvalue weighted by Gasteiger charge is -2.07. The molecule has 148 valence electrons. The maximum absolute atomic E-state index is 13.0. The van der Waals surface area contributed by atoms with E-state index >= 15 is 0 Å². The zero-order valence-electron chi connectivity index (χ0n) is 15.4. The molecule has 1 N–H and O–H groups in total. The van der Waals surface area contributed by atoms with Crippen LogP contribution in [0.2, 0.25) is 5.02 Å². The summed E-state index contributed by atoms with van der Waals surface area (Å²) in [6.45, 7) is -0.0119. The third kappa shape index (κ3) is 3.26. The molecule has 0 bridgehead atoms. The average Bonchev–Trinajstić information content (AvgIpc) is 3.35. The summed E-state index contributed by atoms with van der Waals surface area (Å²) in [5.41, 5.74) is 2.41. The molecule has 0 radical (unpaired) electrons. The summed E-state index contributed by atoms with van der Waals surface area (Å²) in [7, 11) is 0. The predicted octanol–water partition coefficient (Wildman–Crippen LogP) is 4.06. The van der Waals surface area contributed by atoms with E-state index in [1.165, 1.54) is 21.8 Å². The van der Waals surface area contributed by atoms with Gasteiger partial charge in [0, 0.05) is 28.2 Å². The van der Waals surface area contributed by atoms with Crippen molar-refractivity contribution in [1.82, 2.24) is 18.9 Å². The van der Waals surface area contributed by atoms with Crippen LogP contribution >= 0.6 is 22.9 Å². The summed E-state index contributed by atoms with van der Waals surface area (Å²) in [5.74, 6) is 0.128. The van der Waals surface area contributed by atoms with E-state index in [4.69, 9.17) is 16.6 Å². The predicted molar refractivity (Wildman–Crippen MR) is 118 cm³/mol. The molecule has 0 spiro atoms. The summed E-state index contributed by atoms with van der Waals surface area (Å²) >= 11 is 7.45. The normalized spacial score (nSPS) is 11.2. The SMILES string of the molecule is O=C(Cn1c2ccccc2n2c(=O)cc(-c3cccc(Cl)c3)nc12)Nc1nccs1. The Labute approximate surface area is 179 Å². The van der Waals surface area contributed by atoms with Gasteiger partial charge in [-0.1, -0.05) is 35.9 Å². The van der Waals surface area contributed by atoms with E-state index in [0.717, 1.165) is 11.1 Å². The van der Waals surface area contributed by atoms with Crippen LogP contribution in [0.4, 0.5) is 5.13 Å². The maximum Gasteiger partial charge on any atom is 0.260 e. The summed E-state index contributed by atoms with van der Waals surface area (Å²) in [6, 6.07) is 16.0. The van der Waals surface area contributed by atoms with E-state index in [1.807, 2.05) is 30.3 Å². The Kier molecular flexibility index (Phi) is 4.57. The van der Waals surface area contributed by atoms with Gasteiger partial charge in [0.05, 0.1) is 16.7 Å². The first-order valence-electron chi connectivity index (χ1n) is 9.06. The minimum Gasteiger partial charge on any atom is -0.300 e. The number of hydrogen-bond donors (Lipinski definition) is 1. The van der Waals surface area contributed by atoms with Gasteiger partial charge in [0.15, 0.2) is 5.13 Å². The highest BCUT2D eigenvalue weighted by atomic mass is 35.5. The molecule has 5 aromatic rings. The van der Waals surface area contributed by atoms with Crippen molar-refractivity contribution in [2.24, 2.45) is 0 Å². The second-order valence-corrected chi connectivity index (χ2v) is 7.92. The Morgan fingerprint density at radius 1 is 1.10 bits per heavy atom. The Morgan fingerprint density at radius 2 is 1.93 bits per heavy atom. The zero-order valence-corrected chi connectivity index (χ0v) is 17.0. The van der Waals surface area contributed by atoms with Gasteiger partial charge in [-0.15, -0.1) is 11.3 Å². The van der Waals surface area contributed by atoms with E-state index in [9.17, 15) is 9.59 Å². The van der Waals surface area contributed by atoms with Gasteiger partial charge < -0.3 is 9.88 Å². The van der Waals surface area contributed by atoms with Crippen LogP contribution in [0.25, 0.3) is 28.1 Å². The van der Waals surface area contributed by atoms with Crippen molar-refractivity contribution >= 4 is 50.8 Å². The molecule has 0 saturated heterocycles. The fourth-order valence-electron chi connectivity index (χ4n) is 3.41. The lowest BCUT2D eigenvalue weighted by atomic mass is 10.1. The number of para-hydroxylation sites is 2. The lowest BCUT2D eigenvalue weighted by molar-refractivity contribution is -0.116. The molecule has 0 aliphatic rings. The van der Waals surface area contributed by atoms with Gasteiger partial charge in [0.1, 0.15) is 6.54 Å². The van der Waals surface area contributed by atoms with Crippen LogP contribution < -0.4 is 10.9 Å². The zero-order chi connectivity index (χ0) is 20.7. The van der Waals surface area contributed by atoms with E-state index in [1.54, 1.807) is 34.3 Å². The van der Waals surface area contributed by atoms with Gasteiger partial charge in [-0.25, -0.2) is 14.4 Å². The molecule has 7 nitrogen and oxygen atoms in total. The first-order chi connectivity index (χ1) is 14.6. The largest absolute Gasteiger partial charge is 0.300 e. The first-order valence-corrected chi connectivity index (χ1v) is 10.3. The number of halogens is 1. The van der Waals surface area contributed by atoms with Crippen molar-refractivity contribution in [3.8, 4) is 11.3 Å². The number of rotatable bonds is 4. The Balaban J connectivity index is 1.69. The van der Waals surface area contributed by atoms with Crippen molar-refractivity contribution < 1.29 is 4.79 Å². The Hall–Kier alpha value is -3.49. The fourth-order valence-corrected chi connectivity index (χ4v) is 4.14. The lowest BCUT2D eigenvalue weighted by Crippen LogP contribution is -2.20. The second-order valence-electron chi connectivity index (χ2n) is 6.59. The minimum absolute atomic E-state index is 0.0119. The summed E-state index contributed by atoms with van der Waals surface area (Å²) in [4.78, 5) is 34.4. The molecule has 2 aromatic carbocycles. The van der Waals surface area contributed by atoms with E-state index in [-0.39, 0.29) is 18.0 Å². The van der Waals surface area contributed by atoms with Gasteiger partial charge in [-0.2, -0.15) is 0 Å². The molecule has 9 heteroatoms. The average molecular weight is 436 g/mol. The molecule has 3 heterocycles. The van der Waals surface area contributed by atoms with Crippen molar-refractivity contribution in [2.45, 2.75) is 6.54 Å². The number of aromatic nitrogens is 4. The van der Waals surface area contributed by atoms with Crippen LogP contribution in [0.5, 0.6) is 0 Å². The quantitative estimate of drug-likeness (QED) is 0.461. The highest BCUT2D eigenvalue weighted by Crippen LogP contribution is 2.24. The summed E-state index contributed by atoms with van der Waals surface area (Å²) in [6.07, 6.45) is 1.62. The highest BCUT2D eigenvalue weighted by Gasteiger charge is 2.17. The van der Waals surface area contributed by atoms with Crippen molar-refractivity contribution in [1.29, 1.82) is 0 Å². The van der Waals surface area contributed by atoms with Crippen LogP contribution in [0.1, 0.15) is 0 Å². The third-order valence-electron chi connectivity index (χ3n) is 4.66. The van der Waals surface area contributed by atoms with Crippen molar-refractivity contribution in [2.75, 3.05) is 5.32 Å². The van der Waals surface area contributed by atoms with Gasteiger partial charge in [-0.05, 0) is 24.3 Å². The fraction of sp³-hybridized carbons (Fsp3) is 0.0476. The van der Waals surface area contributed by atoms with Crippen LogP contribution in [0.3, 0.4) is 0 Å². The third-order valence-corrected chi connectivity index (χ3v) is 5.58. The Morgan fingerprint density at radius 3 is 2.70 bits per heavy atom. The molecule has 0 saturated carbocycles. The molecule has 3 aromatic heterocycles. The maximum atomic E-state index is 13.0. The Bertz CT molecular complexity index is 1460. The second kappa shape index (κ2) is 7.40. The van der Waals surface area contributed by atoms with Crippen LogP contribution in [0, 0.1) is 0 Å². The van der Waals surface area contributed by atoms with Crippen molar-refractivity contribution in [3.05, 3.63) is 81.6 Å². The number of imidazole rings is 1. The molecule has 30 heavy (non-hydrogen) atoms. The molecule has 1 amide bonds. The number of carbonyl (C=O) groups excluding carboxylic acids is 1. The number of fused-ring (bicyclic) bond motifs is 3. The molecule has 5 rings (SSSR count). The molecular formula is C21H14ClN5O2S. The number of hydrogen-bond acceptors (Lipinski definition) is 5. The van der Waals surface area contributed by atoms with E-state index < -0.39 is 0 Å². The molecule has 0 unspecified atom stereocenters. The minimum atomic E-state index is -0.254. The van der Waals surface area contributed by atoms with Crippen molar-refractivity contribution in [3.63, 3.8) is 0 Å². The van der Waals surface area contributed by atoms with Crippen LogP contribution in [-0.2, 0) is 11.3 Å². The number of benzene rings is 2. The van der Waals surface area contributed by atoms with Gasteiger partial charge in [0.25, 0.3) is 5.56 Å². The first kappa shape index (κ1) is 18.5. The number of amides is 1.